The molecule has 1 aromatic rings. The number of nitrogens with one attached hydrogen (secondary N) is 2. The second-order valence-corrected chi connectivity index (χ2v) is 4.64. The molecule has 1 saturated heterocycles. The van der Waals surface area contributed by atoms with Gasteiger partial charge in [0.2, 0.25) is 5.91 Å². The molecule has 1 amide bonds. The van der Waals surface area contributed by atoms with Crippen LogP contribution in [0, 0.1) is 0 Å². The van der Waals surface area contributed by atoms with Crippen LogP contribution < -0.4 is 10.6 Å². The van der Waals surface area contributed by atoms with Crippen LogP contribution in [-0.2, 0) is 17.9 Å². The van der Waals surface area contributed by atoms with E-state index in [9.17, 15) is 4.79 Å². The van der Waals surface area contributed by atoms with Crippen molar-refractivity contribution < 1.29 is 4.79 Å². The Balaban J connectivity index is 0.00000180. The van der Waals surface area contributed by atoms with Crippen molar-refractivity contribution in [2.45, 2.75) is 51.7 Å². The number of carbonyl (C=O) groups excluding carboxylic acids is 1. The van der Waals surface area contributed by atoms with Crippen molar-refractivity contribution in [1.29, 1.82) is 0 Å². The number of halogens is 2. The van der Waals surface area contributed by atoms with Gasteiger partial charge in [-0.25, -0.2) is 0 Å². The Morgan fingerprint density at radius 2 is 2.35 bits per heavy atom. The van der Waals surface area contributed by atoms with E-state index >= 15 is 0 Å². The van der Waals surface area contributed by atoms with E-state index in [1.54, 1.807) is 6.33 Å². The third-order valence-corrected chi connectivity index (χ3v) is 3.36. The summed E-state index contributed by atoms with van der Waals surface area (Å²) >= 11 is 0. The molecule has 1 atom stereocenters. The van der Waals surface area contributed by atoms with E-state index in [2.05, 4.69) is 20.8 Å². The van der Waals surface area contributed by atoms with Crippen LogP contribution in [0.5, 0.6) is 0 Å². The van der Waals surface area contributed by atoms with Crippen LogP contribution in [0.4, 0.5) is 0 Å². The maximum Gasteiger partial charge on any atom is 0.220 e. The van der Waals surface area contributed by atoms with Crippen molar-refractivity contribution in [3.8, 4) is 0 Å². The molecule has 1 aliphatic heterocycles. The van der Waals surface area contributed by atoms with Crippen molar-refractivity contribution in [3.63, 3.8) is 0 Å². The number of nitrogens with zero attached hydrogens (tertiary/aromatic N) is 3. The summed E-state index contributed by atoms with van der Waals surface area (Å²) in [6.07, 6.45) is 5.61. The molecule has 2 N–H and O–H groups in total. The van der Waals surface area contributed by atoms with Crippen molar-refractivity contribution in [3.05, 3.63) is 12.2 Å². The molecule has 0 aromatic carbocycles. The van der Waals surface area contributed by atoms with Crippen LogP contribution in [0.15, 0.2) is 6.33 Å². The highest BCUT2D eigenvalue weighted by Gasteiger charge is 2.15. The lowest BCUT2D eigenvalue weighted by atomic mass is 10.1. The molecule has 1 aliphatic rings. The average Bonchev–Trinajstić information content (AvgIpc) is 3.04. The lowest BCUT2D eigenvalue weighted by Crippen LogP contribution is -2.28. The molecule has 2 heterocycles. The van der Waals surface area contributed by atoms with Crippen molar-refractivity contribution >= 4 is 30.7 Å². The van der Waals surface area contributed by atoms with E-state index in [0.29, 0.717) is 19.0 Å². The smallest absolute Gasteiger partial charge is 0.220 e. The third kappa shape index (κ3) is 5.64. The molecule has 20 heavy (non-hydrogen) atoms. The van der Waals surface area contributed by atoms with Crippen LogP contribution in [0.3, 0.4) is 0 Å². The lowest BCUT2D eigenvalue weighted by Gasteiger charge is -2.10. The molecule has 0 aliphatic carbocycles. The summed E-state index contributed by atoms with van der Waals surface area (Å²) in [6.45, 7) is 4.40. The topological polar surface area (TPSA) is 71.8 Å². The first-order valence-corrected chi connectivity index (χ1v) is 6.66. The van der Waals surface area contributed by atoms with Crippen LogP contribution in [0.2, 0.25) is 0 Å². The van der Waals surface area contributed by atoms with Crippen LogP contribution >= 0.6 is 24.8 Å². The van der Waals surface area contributed by atoms with Gasteiger partial charge in [-0.3, -0.25) is 4.79 Å². The van der Waals surface area contributed by atoms with Gasteiger partial charge in [0.15, 0.2) is 5.82 Å². The molecule has 0 bridgehead atoms. The molecule has 0 saturated carbocycles. The Morgan fingerprint density at radius 1 is 1.55 bits per heavy atom. The number of amides is 1. The predicted molar refractivity (Wildman–Crippen MR) is 82.3 cm³/mol. The normalized spacial score (nSPS) is 17.1. The molecule has 116 valence electrons. The zero-order chi connectivity index (χ0) is 12.8. The maximum atomic E-state index is 11.7. The Labute approximate surface area is 131 Å². The van der Waals surface area contributed by atoms with Crippen molar-refractivity contribution in [2.75, 3.05) is 6.54 Å². The summed E-state index contributed by atoms with van der Waals surface area (Å²) < 4.78 is 1.93. The van der Waals surface area contributed by atoms with Gasteiger partial charge < -0.3 is 15.2 Å². The first kappa shape index (κ1) is 19.1. The number of hydrogen-bond donors (Lipinski definition) is 2. The largest absolute Gasteiger partial charge is 0.349 e. The summed E-state index contributed by atoms with van der Waals surface area (Å²) in [5.74, 6) is 0.902. The number of hydrogen-bond acceptors (Lipinski definition) is 4. The monoisotopic (exact) mass is 323 g/mol. The Kier molecular flexibility index (Phi) is 9.54. The molecule has 1 fully saturated rings. The van der Waals surface area contributed by atoms with Gasteiger partial charge in [0.05, 0.1) is 6.54 Å². The minimum atomic E-state index is 0. The zero-order valence-corrected chi connectivity index (χ0v) is 13.3. The predicted octanol–water partition coefficient (Wildman–Crippen LogP) is 1.29. The van der Waals surface area contributed by atoms with Crippen molar-refractivity contribution in [2.24, 2.45) is 0 Å². The minimum Gasteiger partial charge on any atom is -0.349 e. The molecule has 1 unspecified atom stereocenters. The van der Waals surface area contributed by atoms with E-state index in [-0.39, 0.29) is 30.7 Å². The van der Waals surface area contributed by atoms with Gasteiger partial charge in [0, 0.05) is 19.0 Å². The van der Waals surface area contributed by atoms with Crippen LogP contribution in [-0.4, -0.2) is 33.3 Å². The van der Waals surface area contributed by atoms with E-state index < -0.39 is 0 Å². The van der Waals surface area contributed by atoms with Gasteiger partial charge in [0.25, 0.3) is 0 Å². The Morgan fingerprint density at radius 3 is 3.00 bits per heavy atom. The fourth-order valence-corrected chi connectivity index (χ4v) is 2.25. The summed E-state index contributed by atoms with van der Waals surface area (Å²) in [5, 5.41) is 14.1. The summed E-state index contributed by atoms with van der Waals surface area (Å²) in [7, 11) is 0. The number of rotatable bonds is 6. The number of aryl methyl sites for hydroxylation is 1. The number of aromatic nitrogens is 3. The first-order chi connectivity index (χ1) is 8.79. The first-order valence-electron chi connectivity index (χ1n) is 6.66. The molecule has 0 spiro atoms. The van der Waals surface area contributed by atoms with Gasteiger partial charge >= 0.3 is 0 Å². The van der Waals surface area contributed by atoms with E-state index in [1.807, 2.05) is 11.5 Å². The Bertz CT molecular complexity index is 393. The maximum absolute atomic E-state index is 11.7. The van der Waals surface area contributed by atoms with Gasteiger partial charge in [-0.05, 0) is 32.7 Å². The molecule has 1 aromatic heterocycles. The van der Waals surface area contributed by atoms with Gasteiger partial charge in [0.1, 0.15) is 6.33 Å². The second kappa shape index (κ2) is 9.96. The highest BCUT2D eigenvalue weighted by molar-refractivity contribution is 5.85. The standard InChI is InChI=1S/C12H21N5O.2ClH/c1-2-17-9-15-16-11(17)8-14-12(18)6-5-10-4-3-7-13-10;;/h9-10,13H,2-8H2,1H3,(H,14,18);2*1H. The lowest BCUT2D eigenvalue weighted by molar-refractivity contribution is -0.121. The molecular weight excluding hydrogens is 301 g/mol. The SMILES string of the molecule is CCn1cnnc1CNC(=O)CCC1CCCN1.Cl.Cl. The zero-order valence-electron chi connectivity index (χ0n) is 11.7. The quantitative estimate of drug-likeness (QED) is 0.827. The van der Waals surface area contributed by atoms with Gasteiger partial charge in [-0.15, -0.1) is 35.0 Å². The van der Waals surface area contributed by atoms with E-state index in [4.69, 9.17) is 0 Å². The molecule has 0 radical (unpaired) electrons. The van der Waals surface area contributed by atoms with E-state index in [0.717, 1.165) is 25.3 Å². The second-order valence-electron chi connectivity index (χ2n) is 4.64. The average molecular weight is 324 g/mol. The molecule has 2 rings (SSSR count). The fourth-order valence-electron chi connectivity index (χ4n) is 2.25. The number of carbonyl (C=O) groups is 1. The summed E-state index contributed by atoms with van der Waals surface area (Å²) in [6, 6.07) is 0.523. The molecule has 6 nitrogen and oxygen atoms in total. The van der Waals surface area contributed by atoms with Crippen LogP contribution in [0.25, 0.3) is 0 Å². The summed E-state index contributed by atoms with van der Waals surface area (Å²) in [5.41, 5.74) is 0. The highest BCUT2D eigenvalue weighted by Crippen LogP contribution is 2.10. The van der Waals surface area contributed by atoms with Crippen molar-refractivity contribution in [1.82, 2.24) is 25.4 Å². The van der Waals surface area contributed by atoms with E-state index in [1.165, 1.54) is 12.8 Å². The highest BCUT2D eigenvalue weighted by atomic mass is 35.5. The fraction of sp³-hybridized carbons (Fsp3) is 0.750. The minimum absolute atomic E-state index is 0. The molecule has 8 heteroatoms. The van der Waals surface area contributed by atoms with Gasteiger partial charge in [-0.2, -0.15) is 0 Å². The molecular formula is C12H23Cl2N5O. The van der Waals surface area contributed by atoms with Crippen LogP contribution in [0.1, 0.15) is 38.4 Å². The third-order valence-electron chi connectivity index (χ3n) is 3.36. The summed E-state index contributed by atoms with van der Waals surface area (Å²) in [4.78, 5) is 11.7. The Hall–Kier alpha value is -0.850. The van der Waals surface area contributed by atoms with Gasteiger partial charge in [-0.1, -0.05) is 0 Å².